The van der Waals surface area contributed by atoms with E-state index in [2.05, 4.69) is 56.4 Å². The summed E-state index contributed by atoms with van der Waals surface area (Å²) in [6, 6.07) is 16.8. The van der Waals surface area contributed by atoms with Gasteiger partial charge in [-0.15, -0.1) is 11.8 Å². The number of nitrogens with one attached hydrogen (secondary N) is 1. The molecule has 0 aliphatic carbocycles. The second-order valence-corrected chi connectivity index (χ2v) is 7.58. The molecule has 0 saturated heterocycles. The van der Waals surface area contributed by atoms with E-state index in [-0.39, 0.29) is 17.2 Å². The van der Waals surface area contributed by atoms with Gasteiger partial charge in [-0.2, -0.15) is 0 Å². The smallest absolute Gasteiger partial charge is 0.233 e. The number of hydrogen-bond donors (Lipinski definition) is 1. The van der Waals surface area contributed by atoms with Gasteiger partial charge in [-0.05, 0) is 49.4 Å². The van der Waals surface area contributed by atoms with E-state index in [0.29, 0.717) is 0 Å². The predicted molar refractivity (Wildman–Crippen MR) is 104 cm³/mol. The van der Waals surface area contributed by atoms with Crippen molar-refractivity contribution in [2.75, 3.05) is 0 Å². The van der Waals surface area contributed by atoms with Gasteiger partial charge in [-0.3, -0.25) is 4.79 Å². The first kappa shape index (κ1) is 18.6. The van der Waals surface area contributed by atoms with Crippen molar-refractivity contribution in [2.45, 2.75) is 51.2 Å². The molecule has 0 bridgehead atoms. The normalized spacial score (nSPS) is 13.3. The van der Waals surface area contributed by atoms with Gasteiger partial charge in [0.25, 0.3) is 0 Å². The summed E-state index contributed by atoms with van der Waals surface area (Å²) in [5.41, 5.74) is 5.00. The Bertz CT molecular complexity index is 669. The summed E-state index contributed by atoms with van der Waals surface area (Å²) in [5.74, 6) is 0.969. The molecule has 2 nitrogen and oxygen atoms in total. The van der Waals surface area contributed by atoms with Gasteiger partial charge in [-0.25, -0.2) is 0 Å². The Hall–Kier alpha value is -1.74. The van der Waals surface area contributed by atoms with Crippen molar-refractivity contribution in [2.24, 2.45) is 0 Å². The molecule has 0 spiro atoms. The predicted octanol–water partition coefficient (Wildman–Crippen LogP) is 5.19. The minimum Gasteiger partial charge on any atom is -0.348 e. The first-order valence-corrected chi connectivity index (χ1v) is 9.59. The minimum absolute atomic E-state index is 0.0641. The van der Waals surface area contributed by atoms with E-state index in [9.17, 15) is 4.79 Å². The third kappa shape index (κ3) is 5.13. The number of amides is 1. The quantitative estimate of drug-likeness (QED) is 0.750. The van der Waals surface area contributed by atoms with Gasteiger partial charge in [0, 0.05) is 5.75 Å². The van der Waals surface area contributed by atoms with Crippen LogP contribution in [0, 0.1) is 13.8 Å². The van der Waals surface area contributed by atoms with Gasteiger partial charge in [0.2, 0.25) is 5.91 Å². The van der Waals surface area contributed by atoms with Gasteiger partial charge in [0.05, 0.1) is 11.3 Å². The Morgan fingerprint density at radius 2 is 1.79 bits per heavy atom. The molecule has 0 heterocycles. The van der Waals surface area contributed by atoms with Crippen LogP contribution in [0.4, 0.5) is 0 Å². The summed E-state index contributed by atoms with van der Waals surface area (Å²) >= 11 is 1.68. The van der Waals surface area contributed by atoms with Crippen LogP contribution >= 0.6 is 11.8 Å². The molecule has 1 amide bonds. The zero-order chi connectivity index (χ0) is 17.5. The molecule has 3 heteroatoms. The third-order valence-electron chi connectivity index (χ3n) is 4.37. The number of carbonyl (C=O) groups excluding carboxylic acids is 1. The van der Waals surface area contributed by atoms with E-state index < -0.39 is 0 Å². The lowest BCUT2D eigenvalue weighted by Gasteiger charge is -2.21. The highest BCUT2D eigenvalue weighted by molar-refractivity contribution is 7.99. The van der Waals surface area contributed by atoms with Crippen molar-refractivity contribution in [1.82, 2.24) is 5.32 Å². The molecule has 0 aliphatic heterocycles. The monoisotopic (exact) mass is 341 g/mol. The second kappa shape index (κ2) is 8.93. The topological polar surface area (TPSA) is 29.1 Å². The van der Waals surface area contributed by atoms with Gasteiger partial charge < -0.3 is 5.32 Å². The zero-order valence-corrected chi connectivity index (χ0v) is 15.8. The van der Waals surface area contributed by atoms with Gasteiger partial charge >= 0.3 is 0 Å². The summed E-state index contributed by atoms with van der Waals surface area (Å²) in [5, 5.41) is 3.14. The van der Waals surface area contributed by atoms with Gasteiger partial charge in [0.15, 0.2) is 0 Å². The molecule has 0 fully saturated rings. The largest absolute Gasteiger partial charge is 0.348 e. The van der Waals surface area contributed by atoms with Crippen LogP contribution in [-0.4, -0.2) is 11.2 Å². The first-order valence-electron chi connectivity index (χ1n) is 8.54. The van der Waals surface area contributed by atoms with Crippen molar-refractivity contribution >= 4 is 17.7 Å². The van der Waals surface area contributed by atoms with Crippen molar-refractivity contribution < 1.29 is 4.79 Å². The van der Waals surface area contributed by atoms with Crippen molar-refractivity contribution in [3.8, 4) is 0 Å². The Labute approximate surface area is 150 Å². The molecule has 0 radical (unpaired) electrons. The number of thioether (sulfide) groups is 1. The molecule has 2 rings (SSSR count). The molecule has 1 N–H and O–H groups in total. The molecule has 0 aliphatic rings. The van der Waals surface area contributed by atoms with E-state index in [0.717, 1.165) is 12.2 Å². The maximum Gasteiger partial charge on any atom is 0.233 e. The number of carbonyl (C=O) groups is 1. The second-order valence-electron chi connectivity index (χ2n) is 6.25. The molecule has 128 valence electrons. The Morgan fingerprint density at radius 3 is 2.42 bits per heavy atom. The molecular weight excluding hydrogens is 314 g/mol. The van der Waals surface area contributed by atoms with Crippen LogP contribution in [0.1, 0.15) is 48.6 Å². The Morgan fingerprint density at radius 1 is 1.08 bits per heavy atom. The summed E-state index contributed by atoms with van der Waals surface area (Å²) in [6.45, 7) is 8.32. The lowest BCUT2D eigenvalue weighted by Crippen LogP contribution is -2.34. The van der Waals surface area contributed by atoms with Crippen LogP contribution in [0.2, 0.25) is 0 Å². The van der Waals surface area contributed by atoms with Crippen molar-refractivity contribution in [3.63, 3.8) is 0 Å². The average Bonchev–Trinajstić information content (AvgIpc) is 2.60. The standard InChI is InChI=1S/C21H27NOS/c1-5-20(19-12-11-15(2)16(3)13-19)22-21(23)17(4)24-14-18-9-7-6-8-10-18/h6-13,17,20H,5,14H2,1-4H3,(H,22,23)/t17-,20+/m1/s1. The molecule has 0 aromatic heterocycles. The average molecular weight is 342 g/mol. The fourth-order valence-electron chi connectivity index (χ4n) is 2.56. The van der Waals surface area contributed by atoms with Crippen molar-refractivity contribution in [1.29, 1.82) is 0 Å². The molecule has 2 aromatic carbocycles. The zero-order valence-electron chi connectivity index (χ0n) is 15.0. The molecule has 2 atom stereocenters. The maximum absolute atomic E-state index is 12.5. The van der Waals surface area contributed by atoms with Crippen molar-refractivity contribution in [3.05, 3.63) is 70.8 Å². The van der Waals surface area contributed by atoms with E-state index in [4.69, 9.17) is 0 Å². The van der Waals surface area contributed by atoms with Crippen LogP contribution in [0.3, 0.4) is 0 Å². The van der Waals surface area contributed by atoms with E-state index in [1.165, 1.54) is 22.3 Å². The summed E-state index contributed by atoms with van der Waals surface area (Å²) < 4.78 is 0. The summed E-state index contributed by atoms with van der Waals surface area (Å²) in [7, 11) is 0. The number of aryl methyl sites for hydroxylation is 2. The van der Waals surface area contributed by atoms with Crippen LogP contribution in [0.15, 0.2) is 48.5 Å². The lowest BCUT2D eigenvalue weighted by molar-refractivity contribution is -0.121. The van der Waals surface area contributed by atoms with Gasteiger partial charge in [0.1, 0.15) is 0 Å². The van der Waals surface area contributed by atoms with E-state index in [1.807, 2.05) is 25.1 Å². The number of rotatable bonds is 7. The maximum atomic E-state index is 12.5. The van der Waals surface area contributed by atoms with Crippen LogP contribution in [0.25, 0.3) is 0 Å². The molecular formula is C21H27NOS. The molecule has 2 aromatic rings. The fraction of sp³-hybridized carbons (Fsp3) is 0.381. The molecule has 0 saturated carbocycles. The Balaban J connectivity index is 1.94. The fourth-order valence-corrected chi connectivity index (χ4v) is 3.42. The third-order valence-corrected chi connectivity index (χ3v) is 5.58. The number of hydrogen-bond acceptors (Lipinski definition) is 2. The summed E-state index contributed by atoms with van der Waals surface area (Å²) in [6.07, 6.45) is 0.893. The van der Waals surface area contributed by atoms with Crippen LogP contribution in [0.5, 0.6) is 0 Å². The Kier molecular flexibility index (Phi) is 6.92. The molecule has 0 unspecified atom stereocenters. The van der Waals surface area contributed by atoms with E-state index in [1.54, 1.807) is 11.8 Å². The minimum atomic E-state index is -0.0641. The lowest BCUT2D eigenvalue weighted by atomic mass is 9.99. The summed E-state index contributed by atoms with van der Waals surface area (Å²) in [4.78, 5) is 12.5. The molecule has 24 heavy (non-hydrogen) atoms. The SMILES string of the molecule is CC[C@H](NC(=O)[C@@H](C)SCc1ccccc1)c1ccc(C)c(C)c1. The highest BCUT2D eigenvalue weighted by atomic mass is 32.2. The number of benzene rings is 2. The highest BCUT2D eigenvalue weighted by Gasteiger charge is 2.18. The van der Waals surface area contributed by atoms with E-state index >= 15 is 0 Å². The highest BCUT2D eigenvalue weighted by Crippen LogP contribution is 2.22. The van der Waals surface area contributed by atoms with Crippen LogP contribution < -0.4 is 5.32 Å². The first-order chi connectivity index (χ1) is 11.5. The van der Waals surface area contributed by atoms with Crippen LogP contribution in [-0.2, 0) is 10.5 Å². The van der Waals surface area contributed by atoms with Gasteiger partial charge in [-0.1, -0.05) is 55.5 Å².